The first-order chi connectivity index (χ1) is 10.9. The Bertz CT molecular complexity index is 732. The first-order valence-corrected chi connectivity index (χ1v) is 8.71. The number of hydrogen-bond donors (Lipinski definition) is 1. The lowest BCUT2D eigenvalue weighted by Crippen LogP contribution is -2.26. The molecular weight excluding hydrogens is 314 g/mol. The average molecular weight is 335 g/mol. The number of methoxy groups -OCH3 is 2. The summed E-state index contributed by atoms with van der Waals surface area (Å²) < 4.78 is 37.5. The van der Waals surface area contributed by atoms with Crippen LogP contribution in [0.25, 0.3) is 0 Å². The van der Waals surface area contributed by atoms with Crippen molar-refractivity contribution in [1.82, 2.24) is 4.72 Å². The number of ether oxygens (including phenoxy) is 2. The molecule has 0 bridgehead atoms. The third-order valence-electron chi connectivity index (χ3n) is 3.45. The highest BCUT2D eigenvalue weighted by molar-refractivity contribution is 7.89. The molecule has 0 unspecified atom stereocenters. The molecular formula is C17H21NO4S. The van der Waals surface area contributed by atoms with E-state index in [1.165, 1.54) is 0 Å². The number of rotatable bonds is 7. The smallest absolute Gasteiger partial charge is 0.240 e. The van der Waals surface area contributed by atoms with Gasteiger partial charge in [0.25, 0.3) is 0 Å². The van der Waals surface area contributed by atoms with Crippen molar-refractivity contribution in [3.05, 3.63) is 53.6 Å². The lowest BCUT2D eigenvalue weighted by Gasteiger charge is -2.10. The molecule has 1 N–H and O–H groups in total. The normalized spacial score (nSPS) is 11.3. The highest BCUT2D eigenvalue weighted by Gasteiger charge is 2.13. The van der Waals surface area contributed by atoms with Gasteiger partial charge in [0.1, 0.15) is 11.5 Å². The largest absolute Gasteiger partial charge is 0.497 e. The Morgan fingerprint density at radius 2 is 1.52 bits per heavy atom. The number of aryl methyl sites for hydroxylation is 1. The fourth-order valence-corrected chi connectivity index (χ4v) is 3.17. The van der Waals surface area contributed by atoms with Gasteiger partial charge in [0, 0.05) is 12.6 Å². The first-order valence-electron chi connectivity index (χ1n) is 7.23. The molecule has 0 aliphatic rings. The van der Waals surface area contributed by atoms with Crippen LogP contribution in [0.3, 0.4) is 0 Å². The Balaban J connectivity index is 2.03. The van der Waals surface area contributed by atoms with Gasteiger partial charge in [-0.25, -0.2) is 13.1 Å². The minimum atomic E-state index is -3.49. The molecule has 0 aliphatic heterocycles. The summed E-state index contributed by atoms with van der Waals surface area (Å²) in [6, 6.07) is 12.3. The highest BCUT2D eigenvalue weighted by atomic mass is 32.2. The summed E-state index contributed by atoms with van der Waals surface area (Å²) in [6.45, 7) is 2.21. The summed E-state index contributed by atoms with van der Waals surface area (Å²) in [5.41, 5.74) is 1.96. The molecule has 0 aliphatic carbocycles. The summed E-state index contributed by atoms with van der Waals surface area (Å²) in [7, 11) is -0.327. The van der Waals surface area contributed by atoms with Gasteiger partial charge in [-0.05, 0) is 43.2 Å². The SMILES string of the molecule is COc1cc(CCNS(=O)(=O)c2ccc(C)cc2)cc(OC)c1. The Kier molecular flexibility index (Phi) is 5.63. The maximum absolute atomic E-state index is 12.2. The van der Waals surface area contributed by atoms with Crippen molar-refractivity contribution in [2.24, 2.45) is 0 Å². The second-order valence-corrected chi connectivity index (χ2v) is 6.95. The molecule has 2 rings (SSSR count). The first kappa shape index (κ1) is 17.3. The predicted octanol–water partition coefficient (Wildman–Crippen LogP) is 2.53. The number of sulfonamides is 1. The predicted molar refractivity (Wildman–Crippen MR) is 89.6 cm³/mol. The van der Waals surface area contributed by atoms with Crippen molar-refractivity contribution < 1.29 is 17.9 Å². The average Bonchev–Trinajstić information content (AvgIpc) is 2.54. The topological polar surface area (TPSA) is 64.6 Å². The van der Waals surface area contributed by atoms with Crippen LogP contribution < -0.4 is 14.2 Å². The fourth-order valence-electron chi connectivity index (χ4n) is 2.14. The molecule has 0 saturated heterocycles. The van der Waals surface area contributed by atoms with E-state index < -0.39 is 10.0 Å². The quantitative estimate of drug-likeness (QED) is 0.844. The van der Waals surface area contributed by atoms with Crippen LogP contribution in [0.15, 0.2) is 47.4 Å². The third-order valence-corrected chi connectivity index (χ3v) is 4.93. The second kappa shape index (κ2) is 7.48. The van der Waals surface area contributed by atoms with Crippen LogP contribution in [-0.4, -0.2) is 29.2 Å². The van der Waals surface area contributed by atoms with Crippen molar-refractivity contribution in [3.63, 3.8) is 0 Å². The molecule has 124 valence electrons. The zero-order valence-corrected chi connectivity index (χ0v) is 14.3. The molecule has 0 heterocycles. The summed E-state index contributed by atoms with van der Waals surface area (Å²) in [6.07, 6.45) is 0.540. The monoisotopic (exact) mass is 335 g/mol. The van der Waals surface area contributed by atoms with Gasteiger partial charge < -0.3 is 9.47 Å². The Morgan fingerprint density at radius 3 is 2.04 bits per heavy atom. The van der Waals surface area contributed by atoms with E-state index in [-0.39, 0.29) is 4.90 Å². The minimum absolute atomic E-state index is 0.270. The molecule has 2 aromatic carbocycles. The molecule has 0 saturated carbocycles. The molecule has 6 heteroatoms. The zero-order valence-electron chi connectivity index (χ0n) is 13.5. The van der Waals surface area contributed by atoms with Gasteiger partial charge in [-0.15, -0.1) is 0 Å². The van der Waals surface area contributed by atoms with Crippen molar-refractivity contribution in [2.45, 2.75) is 18.2 Å². The zero-order chi connectivity index (χ0) is 16.9. The van der Waals surface area contributed by atoms with E-state index in [1.807, 2.05) is 19.1 Å². The molecule has 0 fully saturated rings. The van der Waals surface area contributed by atoms with Crippen LogP contribution in [0.2, 0.25) is 0 Å². The van der Waals surface area contributed by atoms with Gasteiger partial charge in [-0.1, -0.05) is 17.7 Å². The van der Waals surface area contributed by atoms with E-state index in [9.17, 15) is 8.42 Å². The van der Waals surface area contributed by atoms with E-state index in [1.54, 1.807) is 44.6 Å². The third kappa shape index (κ3) is 4.71. The van der Waals surface area contributed by atoms with Gasteiger partial charge in [-0.2, -0.15) is 0 Å². The highest BCUT2D eigenvalue weighted by Crippen LogP contribution is 2.22. The van der Waals surface area contributed by atoms with Gasteiger partial charge in [0.15, 0.2) is 0 Å². The van der Waals surface area contributed by atoms with Crippen LogP contribution in [0.1, 0.15) is 11.1 Å². The molecule has 0 atom stereocenters. The summed E-state index contributed by atoms with van der Waals surface area (Å²) in [5.74, 6) is 1.36. The minimum Gasteiger partial charge on any atom is -0.497 e. The Labute approximate surface area is 137 Å². The number of benzene rings is 2. The standard InChI is InChI=1S/C17H21NO4S/c1-13-4-6-17(7-5-13)23(19,20)18-9-8-14-10-15(21-2)12-16(11-14)22-3/h4-7,10-12,18H,8-9H2,1-3H3. The summed E-state index contributed by atoms with van der Waals surface area (Å²) in [5, 5.41) is 0. The molecule has 2 aromatic rings. The van der Waals surface area contributed by atoms with Crippen LogP contribution in [0, 0.1) is 6.92 Å². The van der Waals surface area contributed by atoms with Crippen LogP contribution in [0.5, 0.6) is 11.5 Å². The van der Waals surface area contributed by atoms with Gasteiger partial charge in [0.2, 0.25) is 10.0 Å². The molecule has 5 nitrogen and oxygen atoms in total. The van der Waals surface area contributed by atoms with Crippen LogP contribution >= 0.6 is 0 Å². The van der Waals surface area contributed by atoms with Crippen molar-refractivity contribution in [2.75, 3.05) is 20.8 Å². The molecule has 23 heavy (non-hydrogen) atoms. The Morgan fingerprint density at radius 1 is 0.957 bits per heavy atom. The number of hydrogen-bond acceptors (Lipinski definition) is 4. The lowest BCUT2D eigenvalue weighted by molar-refractivity contribution is 0.393. The van der Waals surface area contributed by atoms with E-state index >= 15 is 0 Å². The van der Waals surface area contributed by atoms with E-state index in [2.05, 4.69) is 4.72 Å². The van der Waals surface area contributed by atoms with Crippen molar-refractivity contribution >= 4 is 10.0 Å². The van der Waals surface area contributed by atoms with Crippen molar-refractivity contribution in [1.29, 1.82) is 0 Å². The Hall–Kier alpha value is -2.05. The molecule has 0 radical (unpaired) electrons. The van der Waals surface area contributed by atoms with Gasteiger partial charge >= 0.3 is 0 Å². The van der Waals surface area contributed by atoms with Gasteiger partial charge in [-0.3, -0.25) is 0 Å². The van der Waals surface area contributed by atoms with Crippen molar-refractivity contribution in [3.8, 4) is 11.5 Å². The van der Waals surface area contributed by atoms with Gasteiger partial charge in [0.05, 0.1) is 19.1 Å². The molecule has 0 amide bonds. The van der Waals surface area contributed by atoms with Crippen LogP contribution in [0.4, 0.5) is 0 Å². The fraction of sp³-hybridized carbons (Fsp3) is 0.294. The lowest BCUT2D eigenvalue weighted by atomic mass is 10.1. The molecule has 0 aromatic heterocycles. The number of nitrogens with one attached hydrogen (secondary N) is 1. The maximum atomic E-state index is 12.2. The van der Waals surface area contributed by atoms with E-state index in [0.717, 1.165) is 11.1 Å². The van der Waals surface area contributed by atoms with Crippen LogP contribution in [-0.2, 0) is 16.4 Å². The van der Waals surface area contributed by atoms with E-state index in [0.29, 0.717) is 24.5 Å². The van der Waals surface area contributed by atoms with E-state index in [4.69, 9.17) is 9.47 Å². The maximum Gasteiger partial charge on any atom is 0.240 e. The second-order valence-electron chi connectivity index (χ2n) is 5.18. The summed E-state index contributed by atoms with van der Waals surface area (Å²) >= 11 is 0. The summed E-state index contributed by atoms with van der Waals surface area (Å²) in [4.78, 5) is 0.270. The molecule has 0 spiro atoms.